The molecule has 0 amide bonds. The van der Waals surface area contributed by atoms with Crippen molar-refractivity contribution >= 4 is 32.2 Å². The fraction of sp³-hybridized carbons (Fsp3) is 0.214. The van der Waals surface area contributed by atoms with Crippen LogP contribution in [0.15, 0.2) is 34.4 Å². The highest BCUT2D eigenvalue weighted by Gasteiger charge is 2.17. The van der Waals surface area contributed by atoms with Crippen LogP contribution in [0.3, 0.4) is 0 Å². The molecule has 1 aromatic carbocycles. The van der Waals surface area contributed by atoms with Gasteiger partial charge in [-0.05, 0) is 33.6 Å². The molecule has 1 N–H and O–H groups in total. The summed E-state index contributed by atoms with van der Waals surface area (Å²) in [5.41, 5.74) is 2.19. The van der Waals surface area contributed by atoms with Crippen LogP contribution in [0.4, 0.5) is 0 Å². The van der Waals surface area contributed by atoms with E-state index in [1.54, 1.807) is 11.3 Å². The van der Waals surface area contributed by atoms with E-state index >= 15 is 0 Å². The van der Waals surface area contributed by atoms with Gasteiger partial charge in [0.25, 0.3) is 0 Å². The normalized spacial score (nSPS) is 13.2. The molecular formula is C14H12BrN3O2S. The van der Waals surface area contributed by atoms with Crippen molar-refractivity contribution in [1.82, 2.24) is 14.7 Å². The number of rotatable bonds is 4. The van der Waals surface area contributed by atoms with Gasteiger partial charge in [0.1, 0.15) is 0 Å². The summed E-state index contributed by atoms with van der Waals surface area (Å²) < 4.78 is 13.8. The van der Waals surface area contributed by atoms with Crippen LogP contribution in [0.5, 0.6) is 11.5 Å². The number of halogens is 1. The van der Waals surface area contributed by atoms with Crippen LogP contribution < -0.4 is 14.8 Å². The summed E-state index contributed by atoms with van der Waals surface area (Å²) in [5, 5.41) is 5.43. The Morgan fingerprint density at radius 2 is 2.29 bits per heavy atom. The lowest BCUT2D eigenvalue weighted by Gasteiger charge is -2.06. The largest absolute Gasteiger partial charge is 0.454 e. The maximum atomic E-state index is 5.42. The predicted octanol–water partition coefficient (Wildman–Crippen LogP) is 3.18. The monoisotopic (exact) mass is 365 g/mol. The van der Waals surface area contributed by atoms with E-state index in [9.17, 15) is 0 Å². The van der Waals surface area contributed by atoms with Crippen molar-refractivity contribution < 1.29 is 9.47 Å². The standard InChI is InChI=1S/C14H12BrN3O2S/c15-11-3-9(4-12-13(11)20-8-19-12)5-16-6-10-7-18-1-2-21-14(18)17-10/h1-4,7,16H,5-6,8H2. The van der Waals surface area contributed by atoms with E-state index in [0.717, 1.165) is 45.3 Å². The van der Waals surface area contributed by atoms with Crippen LogP contribution in [0.25, 0.3) is 4.96 Å². The minimum Gasteiger partial charge on any atom is -0.454 e. The van der Waals surface area contributed by atoms with Gasteiger partial charge < -0.3 is 14.8 Å². The second-order valence-electron chi connectivity index (χ2n) is 4.74. The quantitative estimate of drug-likeness (QED) is 0.771. The van der Waals surface area contributed by atoms with E-state index in [-0.39, 0.29) is 6.79 Å². The predicted molar refractivity (Wildman–Crippen MR) is 83.9 cm³/mol. The molecule has 0 saturated heterocycles. The lowest BCUT2D eigenvalue weighted by atomic mass is 10.2. The lowest BCUT2D eigenvalue weighted by Crippen LogP contribution is -2.12. The van der Waals surface area contributed by atoms with E-state index in [1.807, 2.05) is 34.3 Å². The van der Waals surface area contributed by atoms with Gasteiger partial charge in [0.15, 0.2) is 16.5 Å². The fourth-order valence-electron chi connectivity index (χ4n) is 2.32. The summed E-state index contributed by atoms with van der Waals surface area (Å²) in [6.45, 7) is 1.77. The number of ether oxygens (including phenoxy) is 2. The Hall–Kier alpha value is -1.57. The van der Waals surface area contributed by atoms with Gasteiger partial charge in [-0.3, -0.25) is 4.40 Å². The number of imidazole rings is 1. The molecule has 3 heterocycles. The molecule has 1 aliphatic heterocycles. The van der Waals surface area contributed by atoms with Gasteiger partial charge in [-0.15, -0.1) is 11.3 Å². The number of hydrogen-bond acceptors (Lipinski definition) is 5. The second-order valence-corrected chi connectivity index (χ2v) is 6.47. The molecule has 108 valence electrons. The number of aromatic nitrogens is 2. The van der Waals surface area contributed by atoms with Gasteiger partial charge in [-0.25, -0.2) is 4.98 Å². The molecule has 5 nitrogen and oxygen atoms in total. The van der Waals surface area contributed by atoms with Crippen molar-refractivity contribution in [3.05, 3.63) is 45.6 Å². The van der Waals surface area contributed by atoms with Gasteiger partial charge in [0.2, 0.25) is 6.79 Å². The summed E-state index contributed by atoms with van der Waals surface area (Å²) in [6.07, 6.45) is 4.07. The molecule has 2 aromatic heterocycles. The first-order chi connectivity index (χ1) is 10.3. The molecule has 0 radical (unpaired) electrons. The van der Waals surface area contributed by atoms with Crippen LogP contribution in [-0.4, -0.2) is 16.2 Å². The van der Waals surface area contributed by atoms with Crippen molar-refractivity contribution in [2.75, 3.05) is 6.79 Å². The van der Waals surface area contributed by atoms with E-state index in [2.05, 4.69) is 26.2 Å². The Labute approximate surface area is 133 Å². The molecule has 0 saturated carbocycles. The minimum atomic E-state index is 0.288. The summed E-state index contributed by atoms with van der Waals surface area (Å²) in [4.78, 5) is 5.57. The number of hydrogen-bond donors (Lipinski definition) is 1. The molecule has 0 aliphatic carbocycles. The van der Waals surface area contributed by atoms with E-state index in [4.69, 9.17) is 9.47 Å². The Morgan fingerprint density at radius 3 is 3.19 bits per heavy atom. The Morgan fingerprint density at radius 1 is 1.33 bits per heavy atom. The van der Waals surface area contributed by atoms with Crippen molar-refractivity contribution in [2.45, 2.75) is 13.1 Å². The number of fused-ring (bicyclic) bond motifs is 2. The third kappa shape index (κ3) is 2.52. The number of benzene rings is 1. The molecule has 0 atom stereocenters. The first kappa shape index (κ1) is 13.1. The Kier molecular flexibility index (Phi) is 3.33. The summed E-state index contributed by atoms with van der Waals surface area (Å²) in [7, 11) is 0. The maximum Gasteiger partial charge on any atom is 0.231 e. The highest BCUT2D eigenvalue weighted by Crippen LogP contribution is 2.39. The van der Waals surface area contributed by atoms with Gasteiger partial charge in [0, 0.05) is 30.9 Å². The molecule has 0 unspecified atom stereocenters. The first-order valence-corrected chi connectivity index (χ1v) is 8.17. The van der Waals surface area contributed by atoms with Crippen molar-refractivity contribution in [2.24, 2.45) is 0 Å². The Balaban J connectivity index is 1.43. The van der Waals surface area contributed by atoms with Gasteiger partial charge >= 0.3 is 0 Å². The average molecular weight is 366 g/mol. The molecule has 1 aliphatic rings. The van der Waals surface area contributed by atoms with Crippen LogP contribution in [-0.2, 0) is 13.1 Å². The highest BCUT2D eigenvalue weighted by atomic mass is 79.9. The van der Waals surface area contributed by atoms with E-state index in [0.29, 0.717) is 0 Å². The van der Waals surface area contributed by atoms with Gasteiger partial charge in [-0.1, -0.05) is 0 Å². The zero-order valence-electron chi connectivity index (χ0n) is 11.0. The summed E-state index contributed by atoms with van der Waals surface area (Å²) >= 11 is 5.15. The first-order valence-electron chi connectivity index (χ1n) is 6.49. The van der Waals surface area contributed by atoms with Crippen molar-refractivity contribution in [1.29, 1.82) is 0 Å². The highest BCUT2D eigenvalue weighted by molar-refractivity contribution is 9.10. The molecule has 7 heteroatoms. The number of thiazole rings is 1. The second kappa shape index (κ2) is 5.32. The van der Waals surface area contributed by atoms with Crippen molar-refractivity contribution in [3.8, 4) is 11.5 Å². The van der Waals surface area contributed by atoms with Gasteiger partial charge in [-0.2, -0.15) is 0 Å². The summed E-state index contributed by atoms with van der Waals surface area (Å²) in [6, 6.07) is 4.05. The Bertz CT molecular complexity index is 770. The zero-order chi connectivity index (χ0) is 14.2. The molecule has 3 aromatic rings. The molecule has 0 spiro atoms. The van der Waals surface area contributed by atoms with E-state index < -0.39 is 0 Å². The van der Waals surface area contributed by atoms with Crippen LogP contribution in [0.1, 0.15) is 11.3 Å². The third-order valence-corrected chi connectivity index (χ3v) is 4.63. The fourth-order valence-corrected chi connectivity index (χ4v) is 3.64. The lowest BCUT2D eigenvalue weighted by molar-refractivity contribution is 0.173. The van der Waals surface area contributed by atoms with Crippen molar-refractivity contribution in [3.63, 3.8) is 0 Å². The van der Waals surface area contributed by atoms with Crippen LogP contribution in [0, 0.1) is 0 Å². The molecule has 4 rings (SSSR count). The van der Waals surface area contributed by atoms with Gasteiger partial charge in [0.05, 0.1) is 10.2 Å². The maximum absolute atomic E-state index is 5.42. The summed E-state index contributed by atoms with van der Waals surface area (Å²) in [5.74, 6) is 1.58. The van der Waals surface area contributed by atoms with Crippen LogP contribution >= 0.6 is 27.3 Å². The zero-order valence-corrected chi connectivity index (χ0v) is 13.4. The SMILES string of the molecule is Brc1cc(CNCc2cn3ccsc3n2)cc2c1OCO2. The molecule has 21 heavy (non-hydrogen) atoms. The molecule has 0 bridgehead atoms. The van der Waals surface area contributed by atoms with Crippen LogP contribution in [0.2, 0.25) is 0 Å². The smallest absolute Gasteiger partial charge is 0.231 e. The van der Waals surface area contributed by atoms with E-state index in [1.165, 1.54) is 0 Å². The number of nitrogens with one attached hydrogen (secondary N) is 1. The minimum absolute atomic E-state index is 0.288. The molecular weight excluding hydrogens is 354 g/mol. The third-order valence-electron chi connectivity index (χ3n) is 3.27. The number of nitrogens with zero attached hydrogens (tertiary/aromatic N) is 2. The average Bonchev–Trinajstić information content (AvgIpc) is 3.12. The molecule has 0 fully saturated rings. The topological polar surface area (TPSA) is 47.8 Å².